The zero-order valence-electron chi connectivity index (χ0n) is 42.7. The third-order valence-corrected chi connectivity index (χ3v) is 13.2. The van der Waals surface area contributed by atoms with Gasteiger partial charge in [0.1, 0.15) is 25.9 Å². The number of carbonyl (C=O) groups is 4. The first-order valence-corrected chi connectivity index (χ1v) is 26.4. The van der Waals surface area contributed by atoms with Gasteiger partial charge in [-0.25, -0.2) is 4.79 Å². The topological polar surface area (TPSA) is 118 Å². The third-order valence-electron chi connectivity index (χ3n) is 13.2. The van der Waals surface area contributed by atoms with Crippen molar-refractivity contribution in [1.82, 2.24) is 4.90 Å². The predicted molar refractivity (Wildman–Crippen MR) is 259 cm³/mol. The molecule has 0 aliphatic rings. The molecule has 0 aliphatic carbocycles. The Kier molecular flexibility index (Phi) is 38.5. The molecule has 0 saturated heterocycles. The van der Waals surface area contributed by atoms with E-state index in [9.17, 15) is 19.2 Å². The summed E-state index contributed by atoms with van der Waals surface area (Å²) < 4.78 is 28.5. The van der Waals surface area contributed by atoms with Gasteiger partial charge >= 0.3 is 24.1 Å². The Morgan fingerprint density at radius 2 is 0.841 bits per heavy atom. The molecule has 0 spiro atoms. The second kappa shape index (κ2) is 40.0. The van der Waals surface area contributed by atoms with Crippen LogP contribution in [0.2, 0.25) is 0 Å². The quantitative estimate of drug-likeness (QED) is 0.0332. The molecular formula is C53H101NO9. The van der Waals surface area contributed by atoms with Crippen LogP contribution in [-0.4, -0.2) is 81.1 Å². The van der Waals surface area contributed by atoms with Gasteiger partial charge in [-0.1, -0.05) is 176 Å². The van der Waals surface area contributed by atoms with Gasteiger partial charge < -0.3 is 28.6 Å². The minimum Gasteiger partial charge on any atom is -0.465 e. The summed E-state index contributed by atoms with van der Waals surface area (Å²) in [6.45, 7) is 20.3. The van der Waals surface area contributed by atoms with Crippen molar-refractivity contribution >= 4 is 24.1 Å². The van der Waals surface area contributed by atoms with Crippen LogP contribution < -0.4 is 0 Å². The minimum absolute atomic E-state index is 0.0791. The summed E-state index contributed by atoms with van der Waals surface area (Å²) in [7, 11) is 0. The summed E-state index contributed by atoms with van der Waals surface area (Å²) in [5.74, 6) is -1.92. The zero-order chi connectivity index (χ0) is 47.0. The summed E-state index contributed by atoms with van der Waals surface area (Å²) in [6, 6.07) is 0. The van der Waals surface area contributed by atoms with Crippen LogP contribution in [0.5, 0.6) is 0 Å². The van der Waals surface area contributed by atoms with E-state index in [1.165, 1.54) is 116 Å². The van der Waals surface area contributed by atoms with Gasteiger partial charge in [-0.15, -0.1) is 0 Å². The first-order valence-electron chi connectivity index (χ1n) is 26.4. The average Bonchev–Trinajstić information content (AvgIpc) is 3.26. The second-order valence-corrected chi connectivity index (χ2v) is 19.3. The Hall–Kier alpha value is -2.36. The van der Waals surface area contributed by atoms with E-state index in [0.717, 1.165) is 77.4 Å². The molecule has 0 aromatic heterocycles. The lowest BCUT2D eigenvalue weighted by Crippen LogP contribution is -2.48. The number of nitrogens with zero attached hydrogens (tertiary/aromatic N) is 1. The van der Waals surface area contributed by atoms with E-state index in [1.807, 2.05) is 0 Å². The van der Waals surface area contributed by atoms with E-state index in [0.29, 0.717) is 12.8 Å². The van der Waals surface area contributed by atoms with Crippen molar-refractivity contribution in [3.05, 3.63) is 0 Å². The summed E-state index contributed by atoms with van der Waals surface area (Å²) >= 11 is 0. The van der Waals surface area contributed by atoms with Gasteiger partial charge in [-0.05, 0) is 79.3 Å². The Morgan fingerprint density at radius 3 is 1.30 bits per heavy atom. The fraction of sp³-hybridized carbons (Fsp3) is 0.925. The SMILES string of the molecule is CCCCCCCCCCCCCCCC(=O)OCC(COC(=O)OCCCN(CC)CC)COC(=O)C(C)(C)C(C)(C)C(=O)OC(CCCCCCCC)CCCCCCCC. The lowest BCUT2D eigenvalue weighted by atomic mass is 9.68. The molecule has 0 N–H and O–H groups in total. The van der Waals surface area contributed by atoms with Gasteiger partial charge in [0.2, 0.25) is 0 Å². The van der Waals surface area contributed by atoms with Crippen LogP contribution >= 0.6 is 0 Å². The van der Waals surface area contributed by atoms with Crippen molar-refractivity contribution in [2.75, 3.05) is 46.1 Å². The molecule has 0 radical (unpaired) electrons. The zero-order valence-corrected chi connectivity index (χ0v) is 42.7. The van der Waals surface area contributed by atoms with E-state index < -0.39 is 34.8 Å². The maximum absolute atomic E-state index is 13.9. The second-order valence-electron chi connectivity index (χ2n) is 19.3. The molecule has 10 heteroatoms. The van der Waals surface area contributed by atoms with E-state index in [4.69, 9.17) is 23.7 Å². The fourth-order valence-corrected chi connectivity index (χ4v) is 7.68. The van der Waals surface area contributed by atoms with E-state index in [1.54, 1.807) is 27.7 Å². The van der Waals surface area contributed by atoms with Crippen LogP contribution in [0.15, 0.2) is 0 Å². The molecule has 0 heterocycles. The molecule has 1 atom stereocenters. The molecule has 0 aromatic carbocycles. The molecule has 0 saturated carbocycles. The average molecular weight is 896 g/mol. The number of carbonyl (C=O) groups excluding carboxylic acids is 4. The first-order chi connectivity index (χ1) is 30.3. The standard InChI is InChI=1S/C53H101NO9/c1-10-15-18-21-24-25-26-27-28-29-30-33-36-40-48(55)60-43-46(45-62-51(58)59-42-37-41-54(13-4)14-5)44-61-49(56)52(6,7)53(8,9)50(57)63-47(38-34-31-22-19-16-11-2)39-35-32-23-20-17-12-3/h46-47H,10-45H2,1-9H3. The number of unbranched alkanes of at least 4 members (excludes halogenated alkanes) is 22. The minimum atomic E-state index is -1.24. The fourth-order valence-electron chi connectivity index (χ4n) is 7.68. The lowest BCUT2D eigenvalue weighted by Gasteiger charge is -2.38. The molecule has 10 nitrogen and oxygen atoms in total. The molecule has 0 fully saturated rings. The Bertz CT molecular complexity index is 1110. The third kappa shape index (κ3) is 31.2. The van der Waals surface area contributed by atoms with Gasteiger partial charge in [0, 0.05) is 13.0 Å². The van der Waals surface area contributed by atoms with E-state index in [-0.39, 0.29) is 38.5 Å². The molecule has 0 bridgehead atoms. The van der Waals surface area contributed by atoms with Gasteiger partial charge in [-0.3, -0.25) is 14.4 Å². The van der Waals surface area contributed by atoms with Crippen LogP contribution in [0.25, 0.3) is 0 Å². The summed E-state index contributed by atoms with van der Waals surface area (Å²) in [4.78, 5) is 55.3. The number of hydrogen-bond acceptors (Lipinski definition) is 10. The Balaban J connectivity index is 5.33. The van der Waals surface area contributed by atoms with Gasteiger partial charge in [0.05, 0.1) is 23.4 Å². The van der Waals surface area contributed by atoms with E-state index in [2.05, 4.69) is 39.5 Å². The maximum Gasteiger partial charge on any atom is 0.508 e. The summed E-state index contributed by atoms with van der Waals surface area (Å²) in [6.07, 6.45) is 31.6. The van der Waals surface area contributed by atoms with Gasteiger partial charge in [0.15, 0.2) is 0 Å². The van der Waals surface area contributed by atoms with Crippen LogP contribution in [0, 0.1) is 16.7 Å². The number of ether oxygens (including phenoxy) is 5. The Labute approximate surface area is 388 Å². The van der Waals surface area contributed by atoms with Gasteiger partial charge in [-0.2, -0.15) is 0 Å². The predicted octanol–water partition coefficient (Wildman–Crippen LogP) is 14.5. The van der Waals surface area contributed by atoms with Crippen molar-refractivity contribution in [2.45, 2.75) is 255 Å². The van der Waals surface area contributed by atoms with Crippen molar-refractivity contribution in [1.29, 1.82) is 0 Å². The van der Waals surface area contributed by atoms with Crippen LogP contribution in [-0.2, 0) is 38.1 Å². The summed E-state index contributed by atoms with van der Waals surface area (Å²) in [5.41, 5.74) is -2.43. The smallest absolute Gasteiger partial charge is 0.465 e. The molecular weight excluding hydrogens is 795 g/mol. The van der Waals surface area contributed by atoms with Crippen LogP contribution in [0.3, 0.4) is 0 Å². The highest BCUT2D eigenvalue weighted by molar-refractivity contribution is 5.87. The lowest BCUT2D eigenvalue weighted by molar-refractivity contribution is -0.180. The maximum atomic E-state index is 13.9. The molecule has 63 heavy (non-hydrogen) atoms. The molecule has 1 unspecified atom stereocenters. The van der Waals surface area contributed by atoms with Crippen LogP contribution in [0.4, 0.5) is 4.79 Å². The van der Waals surface area contributed by atoms with Crippen molar-refractivity contribution in [3.63, 3.8) is 0 Å². The highest BCUT2D eigenvalue weighted by Gasteiger charge is 2.51. The normalized spacial score (nSPS) is 12.4. The monoisotopic (exact) mass is 896 g/mol. The highest BCUT2D eigenvalue weighted by atomic mass is 16.7. The highest BCUT2D eigenvalue weighted by Crippen LogP contribution is 2.41. The Morgan fingerprint density at radius 1 is 0.444 bits per heavy atom. The number of rotatable bonds is 44. The first kappa shape index (κ1) is 60.6. The largest absolute Gasteiger partial charge is 0.508 e. The van der Waals surface area contributed by atoms with Crippen molar-refractivity contribution in [3.8, 4) is 0 Å². The summed E-state index contributed by atoms with van der Waals surface area (Å²) in [5, 5.41) is 0. The molecule has 372 valence electrons. The van der Waals surface area contributed by atoms with Crippen molar-refractivity contribution in [2.24, 2.45) is 16.7 Å². The number of hydrogen-bond donors (Lipinski definition) is 0. The van der Waals surface area contributed by atoms with Crippen LogP contribution in [0.1, 0.15) is 249 Å². The van der Waals surface area contributed by atoms with Gasteiger partial charge in [0.25, 0.3) is 0 Å². The van der Waals surface area contributed by atoms with E-state index >= 15 is 0 Å². The van der Waals surface area contributed by atoms with Crippen molar-refractivity contribution < 1.29 is 42.9 Å². The molecule has 0 amide bonds. The molecule has 0 aliphatic heterocycles. The molecule has 0 aromatic rings. The number of esters is 3. The molecule has 0 rings (SSSR count).